The molecule has 2 heterocycles. The maximum absolute atomic E-state index is 13.2. The summed E-state index contributed by atoms with van der Waals surface area (Å²) in [5, 5.41) is 0.629. The minimum atomic E-state index is 0.0680. The fraction of sp³-hybridized carbons (Fsp3) is 0.333. The topological polar surface area (TPSA) is 33.2 Å². The number of thiazole rings is 1. The van der Waals surface area contributed by atoms with E-state index in [1.54, 1.807) is 11.3 Å². The highest BCUT2D eigenvalue weighted by Gasteiger charge is 2.25. The van der Waals surface area contributed by atoms with Gasteiger partial charge in [-0.25, -0.2) is 4.98 Å². The molecule has 1 aliphatic rings. The smallest absolute Gasteiger partial charge is 0.283 e. The second-order valence-corrected chi connectivity index (χ2v) is 8.44. The van der Waals surface area contributed by atoms with E-state index in [1.165, 1.54) is 28.8 Å². The molecule has 4 heteroatoms. The molecule has 0 bridgehead atoms. The van der Waals surface area contributed by atoms with Gasteiger partial charge in [0.05, 0.1) is 5.69 Å². The van der Waals surface area contributed by atoms with Gasteiger partial charge < -0.3 is 4.90 Å². The number of fused-ring (bicyclic) bond motifs is 1. The van der Waals surface area contributed by atoms with E-state index in [9.17, 15) is 4.79 Å². The van der Waals surface area contributed by atoms with Crippen LogP contribution >= 0.6 is 11.3 Å². The maximum Gasteiger partial charge on any atom is 0.283 e. The first kappa shape index (κ1) is 18.9. The maximum atomic E-state index is 13.2. The van der Waals surface area contributed by atoms with Crippen LogP contribution in [-0.4, -0.2) is 22.3 Å². The van der Waals surface area contributed by atoms with Crippen LogP contribution in [0.15, 0.2) is 54.6 Å². The Morgan fingerprint density at radius 1 is 1.04 bits per heavy atom. The Kier molecular flexibility index (Phi) is 5.87. The van der Waals surface area contributed by atoms with E-state index in [4.69, 9.17) is 4.98 Å². The number of hydrogen-bond donors (Lipinski definition) is 0. The third kappa shape index (κ3) is 4.02. The highest BCUT2D eigenvalue weighted by atomic mass is 32.1. The molecule has 0 saturated carbocycles. The molecule has 0 N–H and O–H groups in total. The van der Waals surface area contributed by atoms with Crippen molar-refractivity contribution >= 4 is 17.2 Å². The van der Waals surface area contributed by atoms with Crippen LogP contribution in [0.5, 0.6) is 0 Å². The van der Waals surface area contributed by atoms with Crippen molar-refractivity contribution in [3.63, 3.8) is 0 Å². The van der Waals surface area contributed by atoms with Crippen LogP contribution in [0.3, 0.4) is 0 Å². The molecule has 2 aromatic carbocycles. The van der Waals surface area contributed by atoms with Crippen molar-refractivity contribution in [2.45, 2.75) is 45.6 Å². The van der Waals surface area contributed by atoms with E-state index in [0.29, 0.717) is 11.6 Å². The van der Waals surface area contributed by atoms with Crippen LogP contribution in [0.4, 0.5) is 0 Å². The third-order valence-corrected chi connectivity index (χ3v) is 6.46. The first-order valence-corrected chi connectivity index (χ1v) is 11.0. The zero-order chi connectivity index (χ0) is 19.3. The summed E-state index contributed by atoms with van der Waals surface area (Å²) in [4.78, 5) is 21.2. The quantitative estimate of drug-likeness (QED) is 0.503. The number of rotatable bonds is 6. The van der Waals surface area contributed by atoms with Gasteiger partial charge >= 0.3 is 0 Å². The van der Waals surface area contributed by atoms with Crippen LogP contribution < -0.4 is 0 Å². The number of unbranched alkanes of at least 4 members (excludes halogenated alkanes) is 2. The second-order valence-electron chi connectivity index (χ2n) is 7.36. The molecule has 1 aliphatic heterocycles. The van der Waals surface area contributed by atoms with Crippen molar-refractivity contribution in [2.24, 2.45) is 0 Å². The van der Waals surface area contributed by atoms with Gasteiger partial charge in [-0.1, -0.05) is 74.4 Å². The highest BCUT2D eigenvalue weighted by Crippen LogP contribution is 2.31. The summed E-state index contributed by atoms with van der Waals surface area (Å²) in [5.74, 6) is 0.0680. The summed E-state index contributed by atoms with van der Waals surface area (Å²) in [5.41, 5.74) is 4.71. The van der Waals surface area contributed by atoms with Crippen LogP contribution in [-0.2, 0) is 19.4 Å². The number of carbonyl (C=O) groups is 1. The molecular formula is C24H26N2OS. The number of aryl methyl sites for hydroxylation is 1. The van der Waals surface area contributed by atoms with Crippen LogP contribution in [0.1, 0.15) is 52.0 Å². The average Bonchev–Trinajstić information content (AvgIpc) is 3.18. The van der Waals surface area contributed by atoms with Gasteiger partial charge in [0.1, 0.15) is 0 Å². The number of nitrogens with zero attached hydrogens (tertiary/aromatic N) is 2. The molecule has 28 heavy (non-hydrogen) atoms. The van der Waals surface area contributed by atoms with Crippen LogP contribution in [0, 0.1) is 0 Å². The molecule has 1 aromatic heterocycles. The van der Waals surface area contributed by atoms with E-state index < -0.39 is 0 Å². The Balaban J connectivity index is 1.60. The van der Waals surface area contributed by atoms with Crippen molar-refractivity contribution in [1.29, 1.82) is 0 Å². The molecule has 144 valence electrons. The Morgan fingerprint density at radius 2 is 1.79 bits per heavy atom. The average molecular weight is 391 g/mol. The fourth-order valence-electron chi connectivity index (χ4n) is 3.77. The second kappa shape index (κ2) is 8.70. The summed E-state index contributed by atoms with van der Waals surface area (Å²) in [6.07, 6.45) is 5.45. The summed E-state index contributed by atoms with van der Waals surface area (Å²) in [7, 11) is 0. The molecule has 0 saturated heterocycles. The molecule has 4 rings (SSSR count). The van der Waals surface area contributed by atoms with Gasteiger partial charge in [0, 0.05) is 23.5 Å². The molecule has 0 radical (unpaired) electrons. The van der Waals surface area contributed by atoms with Gasteiger partial charge in [-0.3, -0.25) is 4.79 Å². The van der Waals surface area contributed by atoms with Gasteiger partial charge in [-0.2, -0.15) is 0 Å². The molecule has 0 atom stereocenters. The van der Waals surface area contributed by atoms with Crippen molar-refractivity contribution in [1.82, 2.24) is 9.88 Å². The number of carbonyl (C=O) groups excluding carboxylic acids is 1. The summed E-state index contributed by atoms with van der Waals surface area (Å²) in [6, 6.07) is 18.7. The molecule has 3 nitrogen and oxygen atoms in total. The summed E-state index contributed by atoms with van der Waals surface area (Å²) in [6.45, 7) is 3.66. The first-order chi connectivity index (χ1) is 13.8. The molecule has 0 spiro atoms. The standard InChI is InChI=1S/C24H26N2OS/c1-2-3-5-14-21-22(19-11-6-4-7-12-19)25-23(28-21)24(27)26-16-15-18-10-8-9-13-20(18)17-26/h4,6-13H,2-3,5,14-17H2,1H3. The van der Waals surface area contributed by atoms with Gasteiger partial charge in [-0.05, 0) is 30.4 Å². The zero-order valence-corrected chi connectivity index (χ0v) is 17.2. The minimum Gasteiger partial charge on any atom is -0.332 e. The van der Waals surface area contributed by atoms with E-state index >= 15 is 0 Å². The van der Waals surface area contributed by atoms with Gasteiger partial charge in [0.2, 0.25) is 0 Å². The molecule has 0 fully saturated rings. The Morgan fingerprint density at radius 3 is 2.57 bits per heavy atom. The largest absolute Gasteiger partial charge is 0.332 e. The van der Waals surface area contributed by atoms with Gasteiger partial charge in [0.15, 0.2) is 5.01 Å². The van der Waals surface area contributed by atoms with Crippen molar-refractivity contribution in [2.75, 3.05) is 6.54 Å². The predicted molar refractivity (Wildman–Crippen MR) is 116 cm³/mol. The SMILES string of the molecule is CCCCCc1sc(C(=O)N2CCc3ccccc3C2)nc1-c1ccccc1. The van der Waals surface area contributed by atoms with E-state index in [-0.39, 0.29) is 5.91 Å². The molecule has 1 amide bonds. The van der Waals surface area contributed by atoms with Gasteiger partial charge in [0.25, 0.3) is 5.91 Å². The van der Waals surface area contributed by atoms with Crippen LogP contribution in [0.2, 0.25) is 0 Å². The summed E-state index contributed by atoms with van der Waals surface area (Å²) < 4.78 is 0. The first-order valence-electron chi connectivity index (χ1n) is 10.2. The number of benzene rings is 2. The Bertz CT molecular complexity index is 948. The molecular weight excluding hydrogens is 364 g/mol. The summed E-state index contributed by atoms with van der Waals surface area (Å²) >= 11 is 1.59. The fourth-order valence-corrected chi connectivity index (χ4v) is 4.87. The lowest BCUT2D eigenvalue weighted by atomic mass is 10.00. The van der Waals surface area contributed by atoms with Crippen LogP contribution in [0.25, 0.3) is 11.3 Å². The number of amides is 1. The lowest BCUT2D eigenvalue weighted by molar-refractivity contribution is 0.0734. The van der Waals surface area contributed by atoms with E-state index in [0.717, 1.165) is 37.1 Å². The Labute approximate surface area is 171 Å². The molecule has 0 aliphatic carbocycles. The predicted octanol–water partition coefficient (Wildman–Crippen LogP) is 5.74. The van der Waals surface area contributed by atoms with Gasteiger partial charge in [-0.15, -0.1) is 11.3 Å². The highest BCUT2D eigenvalue weighted by molar-refractivity contribution is 7.14. The zero-order valence-electron chi connectivity index (χ0n) is 16.4. The molecule has 0 unspecified atom stereocenters. The van der Waals surface area contributed by atoms with Crippen molar-refractivity contribution in [3.05, 3.63) is 75.6 Å². The normalized spacial score (nSPS) is 13.4. The minimum absolute atomic E-state index is 0.0680. The monoisotopic (exact) mass is 390 g/mol. The number of hydrogen-bond acceptors (Lipinski definition) is 3. The Hall–Kier alpha value is -2.46. The van der Waals surface area contributed by atoms with Crippen molar-refractivity contribution < 1.29 is 4.79 Å². The lowest BCUT2D eigenvalue weighted by Crippen LogP contribution is -2.35. The molecule has 3 aromatic rings. The number of aromatic nitrogens is 1. The van der Waals surface area contributed by atoms with Crippen molar-refractivity contribution in [3.8, 4) is 11.3 Å². The third-order valence-electron chi connectivity index (χ3n) is 5.35. The lowest BCUT2D eigenvalue weighted by Gasteiger charge is -2.28. The van der Waals surface area contributed by atoms with E-state index in [2.05, 4.69) is 43.3 Å². The van der Waals surface area contributed by atoms with E-state index in [1.807, 2.05) is 23.1 Å².